The number of hydrogen-bond donors (Lipinski definition) is 3. The van der Waals surface area contributed by atoms with Gasteiger partial charge in [0.1, 0.15) is 0 Å². The second-order valence-corrected chi connectivity index (χ2v) is 7.59. The molecule has 150 valence electrons. The maximum atomic E-state index is 12.1. The van der Waals surface area contributed by atoms with Crippen LogP contribution in [0.3, 0.4) is 0 Å². The van der Waals surface area contributed by atoms with Gasteiger partial charge < -0.3 is 5.32 Å². The second-order valence-electron chi connectivity index (χ2n) is 5.81. The first-order valence-electron chi connectivity index (χ1n) is 8.80. The highest BCUT2D eigenvalue weighted by Crippen LogP contribution is 2.28. The van der Waals surface area contributed by atoms with Gasteiger partial charge in [0.2, 0.25) is 5.91 Å². The van der Waals surface area contributed by atoms with Crippen molar-refractivity contribution in [3.8, 4) is 17.1 Å². The summed E-state index contributed by atoms with van der Waals surface area (Å²) < 4.78 is 1.90. The summed E-state index contributed by atoms with van der Waals surface area (Å²) in [7, 11) is 0. The molecule has 0 aliphatic heterocycles. The normalized spacial score (nSPS) is 10.4. The SMILES string of the molecule is CCNC(=S)NNC(=O)CSc1nnc(-c2ccccc2)n1-c1ccc(Cl)cc1. The second kappa shape index (κ2) is 10.2. The third kappa shape index (κ3) is 5.69. The van der Waals surface area contributed by atoms with Gasteiger partial charge in [0.25, 0.3) is 0 Å². The van der Waals surface area contributed by atoms with Crippen molar-refractivity contribution in [2.75, 3.05) is 12.3 Å². The summed E-state index contributed by atoms with van der Waals surface area (Å²) in [5, 5.41) is 13.1. The van der Waals surface area contributed by atoms with E-state index < -0.39 is 0 Å². The van der Waals surface area contributed by atoms with Crippen molar-refractivity contribution in [2.45, 2.75) is 12.1 Å². The summed E-state index contributed by atoms with van der Waals surface area (Å²) in [6.07, 6.45) is 0. The van der Waals surface area contributed by atoms with Crippen LogP contribution in [0.1, 0.15) is 6.92 Å². The van der Waals surface area contributed by atoms with Crippen LogP contribution in [0.4, 0.5) is 0 Å². The van der Waals surface area contributed by atoms with Gasteiger partial charge >= 0.3 is 0 Å². The number of carbonyl (C=O) groups excluding carboxylic acids is 1. The average Bonchev–Trinajstić information content (AvgIpc) is 3.16. The molecule has 0 fully saturated rings. The molecule has 7 nitrogen and oxygen atoms in total. The van der Waals surface area contributed by atoms with Crippen LogP contribution < -0.4 is 16.2 Å². The summed E-state index contributed by atoms with van der Waals surface area (Å²) >= 11 is 12.3. The molecule has 0 bridgehead atoms. The monoisotopic (exact) mass is 446 g/mol. The lowest BCUT2D eigenvalue weighted by molar-refractivity contribution is -0.119. The number of thiocarbonyl (C=S) groups is 1. The number of amides is 1. The Morgan fingerprint density at radius 2 is 1.83 bits per heavy atom. The van der Waals surface area contributed by atoms with Crippen LogP contribution in [-0.4, -0.2) is 38.1 Å². The molecule has 0 unspecified atom stereocenters. The number of halogens is 1. The van der Waals surface area contributed by atoms with Crippen LogP contribution in [0.2, 0.25) is 5.02 Å². The van der Waals surface area contributed by atoms with Crippen LogP contribution in [0.25, 0.3) is 17.1 Å². The molecule has 3 aromatic rings. The highest BCUT2D eigenvalue weighted by molar-refractivity contribution is 7.99. The van der Waals surface area contributed by atoms with Crippen molar-refractivity contribution < 1.29 is 4.79 Å². The molecule has 1 amide bonds. The van der Waals surface area contributed by atoms with E-state index in [1.807, 2.05) is 54.0 Å². The fourth-order valence-electron chi connectivity index (χ4n) is 2.46. The Kier molecular flexibility index (Phi) is 7.45. The predicted molar refractivity (Wildman–Crippen MR) is 120 cm³/mol. The molecule has 1 heterocycles. The van der Waals surface area contributed by atoms with Crippen LogP contribution in [0.5, 0.6) is 0 Å². The summed E-state index contributed by atoms with van der Waals surface area (Å²) in [6, 6.07) is 17.1. The summed E-state index contributed by atoms with van der Waals surface area (Å²) in [4.78, 5) is 12.1. The molecule has 3 rings (SSSR count). The number of nitrogens with zero attached hydrogens (tertiary/aromatic N) is 3. The van der Waals surface area contributed by atoms with Crippen LogP contribution in [0.15, 0.2) is 59.8 Å². The molecule has 0 radical (unpaired) electrons. The molecule has 0 atom stereocenters. The molecule has 0 aliphatic carbocycles. The zero-order valence-corrected chi connectivity index (χ0v) is 17.9. The van der Waals surface area contributed by atoms with E-state index in [4.69, 9.17) is 23.8 Å². The van der Waals surface area contributed by atoms with Crippen molar-refractivity contribution >= 4 is 46.6 Å². The van der Waals surface area contributed by atoms with Crippen molar-refractivity contribution in [1.82, 2.24) is 30.9 Å². The van der Waals surface area contributed by atoms with Crippen molar-refractivity contribution in [3.63, 3.8) is 0 Å². The Labute approximate surface area is 183 Å². The van der Waals surface area contributed by atoms with Gasteiger partial charge in [-0.05, 0) is 43.4 Å². The fraction of sp³-hybridized carbons (Fsp3) is 0.158. The molecule has 1 aromatic heterocycles. The molecule has 0 aliphatic rings. The average molecular weight is 447 g/mol. The van der Waals surface area contributed by atoms with E-state index in [9.17, 15) is 4.79 Å². The lowest BCUT2D eigenvalue weighted by atomic mass is 10.2. The lowest BCUT2D eigenvalue weighted by Crippen LogP contribution is -2.47. The number of thioether (sulfide) groups is 1. The van der Waals surface area contributed by atoms with Crippen molar-refractivity contribution in [2.24, 2.45) is 0 Å². The molecular formula is C19H19ClN6OS2. The minimum atomic E-state index is -0.234. The molecule has 0 saturated heterocycles. The Balaban J connectivity index is 1.80. The minimum Gasteiger partial charge on any atom is -0.362 e. The van der Waals surface area contributed by atoms with E-state index in [0.717, 1.165) is 11.3 Å². The molecule has 0 saturated carbocycles. The maximum Gasteiger partial charge on any atom is 0.248 e. The van der Waals surface area contributed by atoms with Gasteiger partial charge in [-0.25, -0.2) is 0 Å². The van der Waals surface area contributed by atoms with Gasteiger partial charge in [-0.1, -0.05) is 53.7 Å². The first kappa shape index (κ1) is 21.1. The Morgan fingerprint density at radius 1 is 1.10 bits per heavy atom. The smallest absolute Gasteiger partial charge is 0.248 e. The third-order valence-electron chi connectivity index (χ3n) is 3.74. The highest BCUT2D eigenvalue weighted by Gasteiger charge is 2.17. The number of hydrogen-bond acceptors (Lipinski definition) is 5. The molecule has 10 heteroatoms. The quantitative estimate of drug-likeness (QED) is 0.304. The molecular weight excluding hydrogens is 428 g/mol. The Bertz CT molecular complexity index is 978. The van der Waals surface area contributed by atoms with Crippen molar-refractivity contribution in [3.05, 3.63) is 59.6 Å². The highest BCUT2D eigenvalue weighted by atomic mass is 35.5. The van der Waals surface area contributed by atoms with E-state index in [1.165, 1.54) is 11.8 Å². The Morgan fingerprint density at radius 3 is 2.52 bits per heavy atom. The van der Waals surface area contributed by atoms with Crippen molar-refractivity contribution in [1.29, 1.82) is 0 Å². The molecule has 2 aromatic carbocycles. The molecule has 29 heavy (non-hydrogen) atoms. The van der Waals surface area contributed by atoms with Gasteiger partial charge in [-0.3, -0.25) is 20.2 Å². The first-order chi connectivity index (χ1) is 14.1. The summed E-state index contributed by atoms with van der Waals surface area (Å²) in [5.74, 6) is 0.590. The van der Waals surface area contributed by atoms with Crippen LogP contribution in [-0.2, 0) is 4.79 Å². The number of benzene rings is 2. The largest absolute Gasteiger partial charge is 0.362 e. The zero-order chi connectivity index (χ0) is 20.6. The number of rotatable bonds is 6. The third-order valence-corrected chi connectivity index (χ3v) is 5.16. The van der Waals surface area contributed by atoms with Gasteiger partial charge in [-0.15, -0.1) is 10.2 Å². The van der Waals surface area contributed by atoms with Gasteiger partial charge in [0, 0.05) is 22.8 Å². The maximum absolute atomic E-state index is 12.1. The lowest BCUT2D eigenvalue weighted by Gasteiger charge is -2.11. The zero-order valence-electron chi connectivity index (χ0n) is 15.6. The molecule has 0 spiro atoms. The Hall–Kier alpha value is -2.62. The fourth-order valence-corrected chi connectivity index (χ4v) is 3.53. The van der Waals surface area contributed by atoms with E-state index >= 15 is 0 Å². The van der Waals surface area contributed by atoms with E-state index in [-0.39, 0.29) is 11.7 Å². The first-order valence-corrected chi connectivity index (χ1v) is 10.6. The van der Waals surface area contributed by atoms with Crippen LogP contribution in [0, 0.1) is 0 Å². The summed E-state index contributed by atoms with van der Waals surface area (Å²) in [6.45, 7) is 2.59. The predicted octanol–water partition coefficient (Wildman–Crippen LogP) is 3.20. The summed E-state index contributed by atoms with van der Waals surface area (Å²) in [5.41, 5.74) is 6.98. The van der Waals surface area contributed by atoms with Crippen LogP contribution >= 0.6 is 35.6 Å². The van der Waals surface area contributed by atoms with Gasteiger partial charge in [0.15, 0.2) is 16.1 Å². The van der Waals surface area contributed by atoms with Gasteiger partial charge in [-0.2, -0.15) is 0 Å². The van der Waals surface area contributed by atoms with E-state index in [2.05, 4.69) is 26.4 Å². The van der Waals surface area contributed by atoms with Gasteiger partial charge in [0.05, 0.1) is 5.75 Å². The number of carbonyl (C=O) groups is 1. The topological polar surface area (TPSA) is 83.9 Å². The van der Waals surface area contributed by atoms with E-state index in [1.54, 1.807) is 12.1 Å². The number of hydrazine groups is 1. The van der Waals surface area contributed by atoms with E-state index in [0.29, 0.717) is 27.7 Å². The molecule has 3 N–H and O–H groups in total. The number of aromatic nitrogens is 3. The number of nitrogens with one attached hydrogen (secondary N) is 3. The standard InChI is InChI=1S/C19H19ClN6OS2/c1-2-21-18(28)24-22-16(27)12-29-19-25-23-17(13-6-4-3-5-7-13)26(19)15-10-8-14(20)9-11-15/h3-11H,2,12H2,1H3,(H,22,27)(H2,21,24,28). The minimum absolute atomic E-state index is 0.141.